The molecule has 2 fully saturated rings. The maximum atomic E-state index is 13.1. The van der Waals surface area contributed by atoms with Crippen LogP contribution < -0.4 is 9.64 Å². The zero-order chi connectivity index (χ0) is 24.2. The molecule has 1 aromatic carbocycles. The zero-order valence-electron chi connectivity index (χ0n) is 19.4. The van der Waals surface area contributed by atoms with Gasteiger partial charge in [-0.05, 0) is 45.7 Å². The van der Waals surface area contributed by atoms with Crippen LogP contribution in [-0.2, 0) is 14.3 Å². The quantitative estimate of drug-likeness (QED) is 0.623. The SMILES string of the molecule is CCOC(=O)[C@@H]1CCCN(c2cc(Cl)cc(OC(C)(C)C(=O)N3CCN(C(=O)O)CC3)c2)C1. The summed E-state index contributed by atoms with van der Waals surface area (Å²) in [6.07, 6.45) is 0.668. The van der Waals surface area contributed by atoms with Gasteiger partial charge in [-0.2, -0.15) is 0 Å². The van der Waals surface area contributed by atoms with E-state index in [4.69, 9.17) is 26.2 Å². The molecule has 2 amide bonds. The number of rotatable bonds is 6. The fourth-order valence-electron chi connectivity index (χ4n) is 4.27. The molecule has 0 aromatic heterocycles. The molecule has 0 aliphatic carbocycles. The Balaban J connectivity index is 1.69. The zero-order valence-corrected chi connectivity index (χ0v) is 20.1. The summed E-state index contributed by atoms with van der Waals surface area (Å²) in [6.45, 7) is 8.05. The summed E-state index contributed by atoms with van der Waals surface area (Å²) in [4.78, 5) is 41.4. The van der Waals surface area contributed by atoms with Crippen molar-refractivity contribution >= 4 is 35.3 Å². The van der Waals surface area contributed by atoms with Crippen molar-refractivity contribution in [3.05, 3.63) is 23.2 Å². The summed E-state index contributed by atoms with van der Waals surface area (Å²) >= 11 is 6.37. The second-order valence-electron chi connectivity index (χ2n) is 8.86. The Morgan fingerprint density at radius 2 is 1.76 bits per heavy atom. The average molecular weight is 482 g/mol. The fourth-order valence-corrected chi connectivity index (χ4v) is 4.49. The average Bonchev–Trinajstić information content (AvgIpc) is 2.78. The summed E-state index contributed by atoms with van der Waals surface area (Å²) in [5, 5.41) is 9.58. The van der Waals surface area contributed by atoms with E-state index in [1.807, 2.05) is 12.1 Å². The molecule has 10 heteroatoms. The number of ether oxygens (including phenoxy) is 2. The van der Waals surface area contributed by atoms with Gasteiger partial charge in [-0.25, -0.2) is 4.79 Å². The Kier molecular flexibility index (Phi) is 7.94. The molecule has 2 saturated heterocycles. The Morgan fingerprint density at radius 3 is 2.39 bits per heavy atom. The van der Waals surface area contributed by atoms with Gasteiger partial charge in [0.05, 0.1) is 12.5 Å². The van der Waals surface area contributed by atoms with E-state index in [1.165, 1.54) is 4.90 Å². The molecule has 0 radical (unpaired) electrons. The Morgan fingerprint density at radius 1 is 1.09 bits per heavy atom. The number of benzene rings is 1. The number of amides is 2. The first kappa shape index (κ1) is 25.0. The smallest absolute Gasteiger partial charge is 0.407 e. The van der Waals surface area contributed by atoms with Crippen molar-refractivity contribution in [2.24, 2.45) is 5.92 Å². The molecule has 182 valence electrons. The molecule has 1 atom stereocenters. The number of carboxylic acid groups (broad SMARTS) is 1. The number of halogens is 1. The third kappa shape index (κ3) is 6.22. The second-order valence-corrected chi connectivity index (χ2v) is 9.29. The van der Waals surface area contributed by atoms with E-state index in [0.717, 1.165) is 25.1 Å². The van der Waals surface area contributed by atoms with Crippen LogP contribution in [0.5, 0.6) is 5.75 Å². The number of carbonyl (C=O) groups excluding carboxylic acids is 2. The highest BCUT2D eigenvalue weighted by Crippen LogP contribution is 2.32. The Bertz CT molecular complexity index is 885. The van der Waals surface area contributed by atoms with E-state index in [9.17, 15) is 14.4 Å². The van der Waals surface area contributed by atoms with Crippen LogP contribution in [0.4, 0.5) is 10.5 Å². The number of esters is 1. The van der Waals surface area contributed by atoms with Crippen LogP contribution in [0.25, 0.3) is 0 Å². The van der Waals surface area contributed by atoms with Crippen LogP contribution >= 0.6 is 11.6 Å². The van der Waals surface area contributed by atoms with Crippen molar-refractivity contribution in [1.82, 2.24) is 9.80 Å². The van der Waals surface area contributed by atoms with Crippen LogP contribution in [0.1, 0.15) is 33.6 Å². The van der Waals surface area contributed by atoms with Crippen LogP contribution in [-0.4, -0.2) is 84.4 Å². The van der Waals surface area contributed by atoms with Gasteiger partial charge < -0.3 is 29.3 Å². The molecular formula is C23H32ClN3O6. The minimum atomic E-state index is -1.16. The molecular weight excluding hydrogens is 450 g/mol. The van der Waals surface area contributed by atoms with Crippen LogP contribution in [0.3, 0.4) is 0 Å². The van der Waals surface area contributed by atoms with E-state index in [0.29, 0.717) is 37.0 Å². The van der Waals surface area contributed by atoms with Gasteiger partial charge in [0.2, 0.25) is 0 Å². The van der Waals surface area contributed by atoms with Crippen molar-refractivity contribution in [3.63, 3.8) is 0 Å². The van der Waals surface area contributed by atoms with Gasteiger partial charge >= 0.3 is 12.1 Å². The highest BCUT2D eigenvalue weighted by atomic mass is 35.5. The number of nitrogens with zero attached hydrogens (tertiary/aromatic N) is 3. The third-order valence-corrected chi connectivity index (χ3v) is 6.21. The first-order valence-corrected chi connectivity index (χ1v) is 11.7. The van der Waals surface area contributed by atoms with Gasteiger partial charge in [-0.15, -0.1) is 0 Å². The fraction of sp³-hybridized carbons (Fsp3) is 0.609. The van der Waals surface area contributed by atoms with Crippen molar-refractivity contribution in [2.45, 2.75) is 39.2 Å². The molecule has 1 N–H and O–H groups in total. The molecule has 0 spiro atoms. The first-order chi connectivity index (χ1) is 15.6. The van der Waals surface area contributed by atoms with Crippen LogP contribution in [0.2, 0.25) is 5.02 Å². The molecule has 9 nitrogen and oxygen atoms in total. The maximum absolute atomic E-state index is 13.1. The minimum absolute atomic E-state index is 0.185. The number of carbonyl (C=O) groups is 3. The lowest BCUT2D eigenvalue weighted by Crippen LogP contribution is -2.56. The molecule has 33 heavy (non-hydrogen) atoms. The summed E-state index contributed by atoms with van der Waals surface area (Å²) < 4.78 is 11.3. The number of hydrogen-bond donors (Lipinski definition) is 1. The van der Waals surface area contributed by atoms with E-state index < -0.39 is 11.7 Å². The van der Waals surface area contributed by atoms with Gasteiger partial charge in [0.15, 0.2) is 5.60 Å². The van der Waals surface area contributed by atoms with Crippen molar-refractivity contribution in [3.8, 4) is 5.75 Å². The van der Waals surface area contributed by atoms with Gasteiger partial charge in [0.1, 0.15) is 5.75 Å². The maximum Gasteiger partial charge on any atom is 0.407 e. The van der Waals surface area contributed by atoms with Crippen LogP contribution in [0, 0.1) is 5.92 Å². The van der Waals surface area contributed by atoms with E-state index >= 15 is 0 Å². The summed E-state index contributed by atoms with van der Waals surface area (Å²) in [6, 6.07) is 5.31. The lowest BCUT2D eigenvalue weighted by Gasteiger charge is -2.38. The second kappa shape index (κ2) is 10.5. The van der Waals surface area contributed by atoms with Gasteiger partial charge in [-0.3, -0.25) is 9.59 Å². The largest absolute Gasteiger partial charge is 0.478 e. The molecule has 2 aliphatic heterocycles. The van der Waals surface area contributed by atoms with E-state index in [1.54, 1.807) is 31.7 Å². The summed E-state index contributed by atoms with van der Waals surface area (Å²) in [5.74, 6) is -0.132. The molecule has 0 bridgehead atoms. The normalized spacial score (nSPS) is 19.3. The molecule has 0 unspecified atom stereocenters. The molecule has 0 saturated carbocycles. The molecule has 3 rings (SSSR count). The number of piperidine rings is 1. The predicted octanol–water partition coefficient (Wildman–Crippen LogP) is 3.10. The van der Waals surface area contributed by atoms with Gasteiger partial charge in [0.25, 0.3) is 5.91 Å². The predicted molar refractivity (Wildman–Crippen MR) is 124 cm³/mol. The van der Waals surface area contributed by atoms with Gasteiger partial charge in [-0.1, -0.05) is 11.6 Å². The Labute approximate surface area is 199 Å². The topological polar surface area (TPSA) is 99.6 Å². The lowest BCUT2D eigenvalue weighted by molar-refractivity contribution is -0.148. The van der Waals surface area contributed by atoms with Crippen molar-refractivity contribution in [2.75, 3.05) is 50.8 Å². The van der Waals surface area contributed by atoms with Crippen molar-refractivity contribution < 1.29 is 29.0 Å². The van der Waals surface area contributed by atoms with Gasteiger partial charge in [0, 0.05) is 56.0 Å². The molecule has 1 aromatic rings. The number of anilines is 1. The minimum Gasteiger partial charge on any atom is -0.478 e. The highest BCUT2D eigenvalue weighted by Gasteiger charge is 2.36. The molecule has 2 aliphatic rings. The van der Waals surface area contributed by atoms with E-state index in [2.05, 4.69) is 4.90 Å². The first-order valence-electron chi connectivity index (χ1n) is 11.3. The third-order valence-electron chi connectivity index (χ3n) is 5.99. The summed E-state index contributed by atoms with van der Waals surface area (Å²) in [5.41, 5.74) is -0.340. The molecule has 2 heterocycles. The highest BCUT2D eigenvalue weighted by molar-refractivity contribution is 6.31. The van der Waals surface area contributed by atoms with Crippen LogP contribution in [0.15, 0.2) is 18.2 Å². The monoisotopic (exact) mass is 481 g/mol. The standard InChI is InChI=1S/C23H32ClN3O6/c1-4-32-20(28)16-6-5-7-27(15-16)18-12-17(24)13-19(14-18)33-23(2,3)21(29)25-8-10-26(11-9-25)22(30)31/h12-14,16H,4-11,15H2,1-3H3,(H,30,31)/t16-/m1/s1. The van der Waals surface area contributed by atoms with E-state index in [-0.39, 0.29) is 30.9 Å². The van der Waals surface area contributed by atoms with Crippen molar-refractivity contribution in [1.29, 1.82) is 0 Å². The number of hydrogen-bond acceptors (Lipinski definition) is 6. The lowest BCUT2D eigenvalue weighted by atomic mass is 9.97. The summed E-state index contributed by atoms with van der Waals surface area (Å²) in [7, 11) is 0. The Hall–Kier alpha value is -2.68. The number of piperazine rings is 1.